The Morgan fingerprint density at radius 3 is 2.62 bits per heavy atom. The first kappa shape index (κ1) is 12.7. The Kier molecular flexibility index (Phi) is 4.05. The number of nitrogens with one attached hydrogen (secondary N) is 1. The van der Waals surface area contributed by atoms with Crippen molar-refractivity contribution >= 4 is 27.5 Å². The van der Waals surface area contributed by atoms with E-state index in [-0.39, 0.29) is 0 Å². The van der Waals surface area contributed by atoms with Crippen LogP contribution >= 0.6 is 15.9 Å². The molecule has 3 nitrogen and oxygen atoms in total. The van der Waals surface area contributed by atoms with E-state index in [0.29, 0.717) is 5.82 Å². The van der Waals surface area contributed by atoms with Gasteiger partial charge in [0.15, 0.2) is 0 Å². The highest BCUT2D eigenvalue weighted by Crippen LogP contribution is 2.23. The summed E-state index contributed by atoms with van der Waals surface area (Å²) in [4.78, 5) is 14.5. The molecule has 0 aromatic carbocycles. The Labute approximate surface area is 97.5 Å². The second-order valence-corrected chi connectivity index (χ2v) is 3.53. The summed E-state index contributed by atoms with van der Waals surface area (Å²) < 4.78 is 35.3. The Morgan fingerprint density at radius 1 is 1.44 bits per heavy atom. The van der Waals surface area contributed by atoms with Crippen molar-refractivity contribution < 1.29 is 18.0 Å². The van der Waals surface area contributed by atoms with Crippen molar-refractivity contribution in [3.05, 3.63) is 35.1 Å². The summed E-state index contributed by atoms with van der Waals surface area (Å²) >= 11 is 2.54. The molecule has 0 aliphatic heterocycles. The van der Waals surface area contributed by atoms with Gasteiger partial charge in [0, 0.05) is 12.4 Å². The van der Waals surface area contributed by atoms with Crippen molar-refractivity contribution in [2.24, 2.45) is 0 Å². The average molecular weight is 295 g/mol. The van der Waals surface area contributed by atoms with Crippen LogP contribution in [-0.4, -0.2) is 16.9 Å². The van der Waals surface area contributed by atoms with Gasteiger partial charge in [-0.3, -0.25) is 4.79 Å². The summed E-state index contributed by atoms with van der Waals surface area (Å²) in [5, 5.41) is 2.46. The van der Waals surface area contributed by atoms with E-state index in [1.54, 1.807) is 18.2 Å². The van der Waals surface area contributed by atoms with Crippen LogP contribution in [0.15, 0.2) is 35.1 Å². The van der Waals surface area contributed by atoms with Crippen molar-refractivity contribution in [2.45, 2.75) is 6.18 Å². The van der Waals surface area contributed by atoms with Crippen LogP contribution < -0.4 is 5.32 Å². The van der Waals surface area contributed by atoms with Gasteiger partial charge in [-0.2, -0.15) is 13.2 Å². The van der Waals surface area contributed by atoms with Crippen LogP contribution in [0.3, 0.4) is 0 Å². The van der Waals surface area contributed by atoms with E-state index in [0.717, 1.165) is 6.20 Å². The van der Waals surface area contributed by atoms with Gasteiger partial charge in [0.25, 0.3) is 5.78 Å². The summed E-state index contributed by atoms with van der Waals surface area (Å²) in [6.07, 6.45) is -2.52. The van der Waals surface area contributed by atoms with Crippen molar-refractivity contribution in [1.29, 1.82) is 0 Å². The summed E-state index contributed by atoms with van der Waals surface area (Å²) in [7, 11) is 0. The minimum atomic E-state index is -4.89. The van der Waals surface area contributed by atoms with Crippen molar-refractivity contribution in [1.82, 2.24) is 4.98 Å². The molecule has 1 rings (SSSR count). The van der Waals surface area contributed by atoms with E-state index < -0.39 is 16.4 Å². The number of nitrogens with zero attached hydrogens (tertiary/aromatic N) is 1. The molecule has 0 unspecified atom stereocenters. The fraction of sp³-hybridized carbons (Fsp3) is 0.111. The molecular formula is C9H6BrF3N2O. The third-order valence-electron chi connectivity index (χ3n) is 1.49. The maximum Gasteiger partial charge on any atom is 0.455 e. The molecule has 0 aliphatic rings. The quantitative estimate of drug-likeness (QED) is 0.872. The molecule has 0 fully saturated rings. The summed E-state index contributed by atoms with van der Waals surface area (Å²) in [5.74, 6) is -1.61. The second kappa shape index (κ2) is 5.11. The topological polar surface area (TPSA) is 42.0 Å². The lowest BCUT2D eigenvalue weighted by atomic mass is 10.4. The van der Waals surface area contributed by atoms with Gasteiger partial charge >= 0.3 is 6.18 Å². The van der Waals surface area contributed by atoms with Gasteiger partial charge in [-0.25, -0.2) is 4.98 Å². The predicted molar refractivity (Wildman–Crippen MR) is 55.9 cm³/mol. The van der Waals surface area contributed by atoms with Crippen LogP contribution in [-0.2, 0) is 4.79 Å². The molecule has 1 N–H and O–H groups in total. The van der Waals surface area contributed by atoms with Crippen LogP contribution in [0.5, 0.6) is 0 Å². The minimum absolute atomic E-state index is 0.342. The molecule has 1 heterocycles. The number of allylic oxidation sites excluding steroid dienone is 1. The monoisotopic (exact) mass is 294 g/mol. The van der Waals surface area contributed by atoms with Crippen LogP contribution in [0.2, 0.25) is 0 Å². The molecule has 1 aromatic heterocycles. The molecule has 0 spiro atoms. The molecule has 0 amide bonds. The summed E-state index contributed by atoms with van der Waals surface area (Å²) in [6.45, 7) is 0. The normalized spacial score (nSPS) is 12.4. The molecule has 1 aromatic rings. The highest BCUT2D eigenvalue weighted by Gasteiger charge is 2.39. The van der Waals surface area contributed by atoms with Gasteiger partial charge in [-0.1, -0.05) is 6.07 Å². The Balaban J connectivity index is 2.69. The van der Waals surface area contributed by atoms with Crippen LogP contribution in [0.4, 0.5) is 19.0 Å². The number of ketones is 1. The van der Waals surface area contributed by atoms with Crippen LogP contribution in [0.1, 0.15) is 0 Å². The number of anilines is 1. The number of carbonyl (C=O) groups excluding carboxylic acids is 1. The third kappa shape index (κ3) is 3.65. The maximum absolute atomic E-state index is 12.0. The fourth-order valence-electron chi connectivity index (χ4n) is 0.786. The molecule has 16 heavy (non-hydrogen) atoms. The van der Waals surface area contributed by atoms with E-state index >= 15 is 0 Å². The molecular weight excluding hydrogens is 289 g/mol. The first-order valence-corrected chi connectivity index (χ1v) is 4.85. The minimum Gasteiger partial charge on any atom is -0.345 e. The highest BCUT2D eigenvalue weighted by molar-refractivity contribution is 9.12. The van der Waals surface area contributed by atoms with Gasteiger partial charge in [-0.05, 0) is 28.1 Å². The van der Waals surface area contributed by atoms with Crippen molar-refractivity contribution in [2.75, 3.05) is 5.32 Å². The number of aromatic nitrogens is 1. The summed E-state index contributed by atoms with van der Waals surface area (Å²) in [6, 6.07) is 4.86. The number of rotatable bonds is 3. The third-order valence-corrected chi connectivity index (χ3v) is 2.08. The zero-order chi connectivity index (χ0) is 12.2. The smallest absolute Gasteiger partial charge is 0.345 e. The van der Waals surface area contributed by atoms with Crippen molar-refractivity contribution in [3.8, 4) is 0 Å². The first-order valence-electron chi connectivity index (χ1n) is 4.06. The first-order chi connectivity index (χ1) is 7.41. The average Bonchev–Trinajstić information content (AvgIpc) is 2.25. The standard InChI is InChI=1S/C9H6BrF3N2O/c10-6(8(16)9(11,12)13)5-15-7-3-1-2-4-14-7/h1-5H,(H,14,15)/b6-5-. The zero-order valence-electron chi connectivity index (χ0n) is 7.75. The van der Waals surface area contributed by atoms with Gasteiger partial charge in [0.1, 0.15) is 5.82 Å². The lowest BCUT2D eigenvalue weighted by Gasteiger charge is -2.04. The molecule has 86 valence electrons. The molecule has 0 radical (unpaired) electrons. The number of hydrogen-bond acceptors (Lipinski definition) is 3. The van der Waals surface area contributed by atoms with Crippen LogP contribution in [0.25, 0.3) is 0 Å². The molecule has 0 saturated heterocycles. The van der Waals surface area contributed by atoms with Crippen LogP contribution in [0, 0.1) is 0 Å². The molecule has 0 saturated carbocycles. The second-order valence-electron chi connectivity index (χ2n) is 2.68. The van der Waals surface area contributed by atoms with Crippen molar-refractivity contribution in [3.63, 3.8) is 0 Å². The number of hydrogen-bond donors (Lipinski definition) is 1. The number of alkyl halides is 3. The summed E-state index contributed by atoms with van der Waals surface area (Å²) in [5.41, 5.74) is 0. The van der Waals surface area contributed by atoms with E-state index in [1.807, 2.05) is 0 Å². The largest absolute Gasteiger partial charge is 0.455 e. The molecule has 7 heteroatoms. The van der Waals surface area contributed by atoms with Gasteiger partial charge in [0.05, 0.1) is 4.48 Å². The molecule has 0 aliphatic carbocycles. The Morgan fingerprint density at radius 2 is 2.12 bits per heavy atom. The molecule has 0 atom stereocenters. The number of halogens is 4. The predicted octanol–water partition coefficient (Wildman–Crippen LogP) is 2.86. The number of Topliss-reactive ketones (excluding diaryl/α,β-unsaturated/α-hetero) is 1. The van der Waals surface area contributed by atoms with Gasteiger partial charge in [-0.15, -0.1) is 0 Å². The lowest BCUT2D eigenvalue weighted by Crippen LogP contribution is -2.22. The highest BCUT2D eigenvalue weighted by atomic mass is 79.9. The number of carbonyl (C=O) groups is 1. The van der Waals surface area contributed by atoms with E-state index in [1.165, 1.54) is 6.20 Å². The zero-order valence-corrected chi connectivity index (χ0v) is 9.34. The Hall–Kier alpha value is -1.37. The lowest BCUT2D eigenvalue weighted by molar-refractivity contribution is -0.165. The van der Waals surface area contributed by atoms with E-state index in [2.05, 4.69) is 26.2 Å². The fourth-order valence-corrected chi connectivity index (χ4v) is 1.13. The Bertz CT molecular complexity index is 403. The maximum atomic E-state index is 12.0. The SMILES string of the molecule is O=C(/C(Br)=C/Nc1ccccn1)C(F)(F)F. The van der Waals surface area contributed by atoms with Gasteiger partial charge < -0.3 is 5.32 Å². The van der Waals surface area contributed by atoms with E-state index in [9.17, 15) is 18.0 Å². The van der Waals surface area contributed by atoms with E-state index in [4.69, 9.17) is 0 Å². The number of pyridine rings is 1. The van der Waals surface area contributed by atoms with Gasteiger partial charge in [0.2, 0.25) is 0 Å². The molecule has 0 bridgehead atoms.